The van der Waals surface area contributed by atoms with Crippen molar-refractivity contribution >= 4 is 11.6 Å². The summed E-state index contributed by atoms with van der Waals surface area (Å²) in [6.45, 7) is 6.98. The van der Waals surface area contributed by atoms with E-state index in [1.165, 1.54) is 0 Å². The van der Waals surface area contributed by atoms with Crippen LogP contribution in [0.15, 0.2) is 30.5 Å². The fourth-order valence-corrected chi connectivity index (χ4v) is 5.55. The van der Waals surface area contributed by atoms with Crippen molar-refractivity contribution in [2.75, 3.05) is 37.0 Å². The molecule has 0 amide bonds. The van der Waals surface area contributed by atoms with E-state index in [9.17, 15) is 5.26 Å². The lowest BCUT2D eigenvalue weighted by Gasteiger charge is -2.32. The lowest BCUT2D eigenvalue weighted by atomic mass is 9.82. The van der Waals surface area contributed by atoms with Crippen molar-refractivity contribution in [1.29, 1.82) is 5.26 Å². The molecule has 0 bridgehead atoms. The second-order valence-corrected chi connectivity index (χ2v) is 11.3. The second kappa shape index (κ2) is 13.8. The first-order valence-electron chi connectivity index (χ1n) is 14.5. The zero-order valence-electron chi connectivity index (χ0n) is 23.9. The smallest absolute Gasteiger partial charge is 0.200 e. The molecule has 3 aromatic heterocycles. The molecule has 4 heterocycles. The number of aryl methyl sites for hydroxylation is 1. The molecule has 1 aliphatic carbocycles. The fraction of sp³-hybridized carbons (Fsp3) is 0.586. The maximum atomic E-state index is 9.77. The second-order valence-electron chi connectivity index (χ2n) is 11.3. The van der Waals surface area contributed by atoms with Crippen LogP contribution in [0.2, 0.25) is 0 Å². The summed E-state index contributed by atoms with van der Waals surface area (Å²) in [6, 6.07) is 11.7. The number of nitriles is 1. The summed E-state index contributed by atoms with van der Waals surface area (Å²) < 4.78 is 11.2. The van der Waals surface area contributed by atoms with E-state index in [0.29, 0.717) is 50.9 Å². The average molecular weight is 561 g/mol. The van der Waals surface area contributed by atoms with Gasteiger partial charge in [0.05, 0.1) is 23.8 Å². The molecule has 2 aliphatic rings. The van der Waals surface area contributed by atoms with E-state index in [0.717, 1.165) is 67.0 Å². The number of ether oxygens (including phenoxy) is 2. The largest absolute Gasteiger partial charge is 0.381 e. The number of hydrogen-bond donors (Lipinski definition) is 4. The summed E-state index contributed by atoms with van der Waals surface area (Å²) in [4.78, 5) is 9.55. The molecule has 1 saturated carbocycles. The van der Waals surface area contributed by atoms with E-state index in [4.69, 9.17) is 14.5 Å². The molecule has 5 rings (SSSR count). The monoisotopic (exact) mass is 560 g/mol. The van der Waals surface area contributed by atoms with Crippen molar-refractivity contribution in [3.05, 3.63) is 41.9 Å². The highest BCUT2D eigenvalue weighted by atomic mass is 16.5. The lowest BCUT2D eigenvalue weighted by Crippen LogP contribution is -2.43. The topological polar surface area (TPSA) is 159 Å². The molecule has 2 fully saturated rings. The van der Waals surface area contributed by atoms with Crippen molar-refractivity contribution in [2.45, 2.75) is 77.1 Å². The first kappa shape index (κ1) is 28.9. The SMILES string of the molecule is Cc1cnc(NC2CCC(N[C@H](C)COCc3nn[nH]n3)CC2)cc1-c1cccc(NCC2(C#N)CCOCC2)n1. The van der Waals surface area contributed by atoms with Crippen LogP contribution in [0.5, 0.6) is 0 Å². The summed E-state index contributed by atoms with van der Waals surface area (Å²) in [5, 5.41) is 34.3. The van der Waals surface area contributed by atoms with Crippen molar-refractivity contribution in [1.82, 2.24) is 35.9 Å². The predicted molar refractivity (Wildman–Crippen MR) is 155 cm³/mol. The van der Waals surface area contributed by atoms with Gasteiger partial charge in [-0.1, -0.05) is 11.3 Å². The van der Waals surface area contributed by atoms with Crippen LogP contribution < -0.4 is 16.0 Å². The third-order valence-electron chi connectivity index (χ3n) is 8.01. The van der Waals surface area contributed by atoms with Gasteiger partial charge in [-0.2, -0.15) is 10.5 Å². The zero-order chi connectivity index (χ0) is 28.5. The summed E-state index contributed by atoms with van der Waals surface area (Å²) in [5.41, 5.74) is 2.61. The van der Waals surface area contributed by atoms with Crippen LogP contribution in [-0.4, -0.2) is 75.1 Å². The molecule has 12 nitrogen and oxygen atoms in total. The minimum absolute atomic E-state index is 0.248. The summed E-state index contributed by atoms with van der Waals surface area (Å²) >= 11 is 0. The van der Waals surface area contributed by atoms with Crippen LogP contribution in [0.3, 0.4) is 0 Å². The van der Waals surface area contributed by atoms with E-state index in [1.54, 1.807) is 0 Å². The van der Waals surface area contributed by atoms with Crippen molar-refractivity contribution < 1.29 is 9.47 Å². The highest BCUT2D eigenvalue weighted by Gasteiger charge is 2.32. The number of tetrazole rings is 1. The maximum absolute atomic E-state index is 9.77. The molecule has 0 unspecified atom stereocenters. The number of rotatable bonds is 12. The summed E-state index contributed by atoms with van der Waals surface area (Å²) in [6.07, 6.45) is 7.72. The van der Waals surface area contributed by atoms with Gasteiger partial charge < -0.3 is 25.4 Å². The molecule has 12 heteroatoms. The Labute approximate surface area is 241 Å². The molecular weight excluding hydrogens is 520 g/mol. The van der Waals surface area contributed by atoms with Gasteiger partial charge in [-0.15, -0.1) is 10.2 Å². The first-order valence-corrected chi connectivity index (χ1v) is 14.5. The molecule has 218 valence electrons. The van der Waals surface area contributed by atoms with E-state index in [2.05, 4.69) is 67.5 Å². The molecule has 1 saturated heterocycles. The molecule has 0 aromatic carbocycles. The van der Waals surface area contributed by atoms with Crippen LogP contribution in [0.4, 0.5) is 11.6 Å². The number of aromatic amines is 1. The lowest BCUT2D eigenvalue weighted by molar-refractivity contribution is 0.0455. The van der Waals surface area contributed by atoms with Crippen LogP contribution in [0, 0.1) is 23.7 Å². The Morgan fingerprint density at radius 1 is 1.17 bits per heavy atom. The number of anilines is 2. The van der Waals surface area contributed by atoms with Crippen LogP contribution in [0.1, 0.15) is 56.8 Å². The summed E-state index contributed by atoms with van der Waals surface area (Å²) in [7, 11) is 0. The van der Waals surface area contributed by atoms with Crippen molar-refractivity contribution in [3.63, 3.8) is 0 Å². The summed E-state index contributed by atoms with van der Waals surface area (Å²) in [5.74, 6) is 2.21. The minimum atomic E-state index is -0.407. The van der Waals surface area contributed by atoms with Gasteiger partial charge in [0.15, 0.2) is 5.82 Å². The number of pyridine rings is 2. The van der Waals surface area contributed by atoms with Crippen molar-refractivity contribution in [2.24, 2.45) is 5.41 Å². The average Bonchev–Trinajstić information content (AvgIpc) is 3.52. The maximum Gasteiger partial charge on any atom is 0.200 e. The molecule has 1 aliphatic heterocycles. The van der Waals surface area contributed by atoms with Crippen molar-refractivity contribution in [3.8, 4) is 17.3 Å². The van der Waals surface area contributed by atoms with Gasteiger partial charge in [-0.05, 0) is 76.1 Å². The van der Waals surface area contributed by atoms with E-state index in [1.807, 2.05) is 24.4 Å². The number of hydrogen-bond acceptors (Lipinski definition) is 11. The van der Waals surface area contributed by atoms with Gasteiger partial charge in [-0.25, -0.2) is 9.97 Å². The van der Waals surface area contributed by atoms with Gasteiger partial charge in [0.1, 0.15) is 18.2 Å². The Bertz CT molecular complexity index is 1280. The van der Waals surface area contributed by atoms with E-state index >= 15 is 0 Å². The van der Waals surface area contributed by atoms with Crippen LogP contribution >= 0.6 is 0 Å². The number of H-pyrrole nitrogens is 1. The highest BCUT2D eigenvalue weighted by Crippen LogP contribution is 2.31. The Morgan fingerprint density at radius 3 is 2.73 bits per heavy atom. The molecule has 3 aromatic rings. The van der Waals surface area contributed by atoms with E-state index in [-0.39, 0.29) is 6.04 Å². The van der Waals surface area contributed by atoms with Gasteiger partial charge in [-0.3, -0.25) is 0 Å². The Balaban J connectivity index is 1.11. The zero-order valence-corrected chi connectivity index (χ0v) is 23.9. The molecular formula is C29H40N10O2. The third-order valence-corrected chi connectivity index (χ3v) is 8.01. The first-order chi connectivity index (χ1) is 20.0. The number of aromatic nitrogens is 6. The van der Waals surface area contributed by atoms with Crippen LogP contribution in [-0.2, 0) is 16.1 Å². The van der Waals surface area contributed by atoms with Gasteiger partial charge in [0, 0.05) is 49.6 Å². The molecule has 0 radical (unpaired) electrons. The quantitative estimate of drug-likeness (QED) is 0.256. The number of nitrogens with zero attached hydrogens (tertiary/aromatic N) is 6. The third kappa shape index (κ3) is 7.97. The molecule has 1 atom stereocenters. The van der Waals surface area contributed by atoms with Gasteiger partial charge >= 0.3 is 0 Å². The molecule has 4 N–H and O–H groups in total. The molecule has 0 spiro atoms. The van der Waals surface area contributed by atoms with Crippen LogP contribution in [0.25, 0.3) is 11.3 Å². The molecule has 41 heavy (non-hydrogen) atoms. The standard InChI is InChI=1S/C29H40N10O2/c1-20-15-31-27(34-23-8-6-22(7-9-23)33-21(2)16-41-17-28-36-38-39-37-28)14-24(20)25-4-3-5-26(35-25)32-19-29(18-30)10-12-40-13-11-29/h3-5,14-15,21-23,33H,6-13,16-17,19H2,1-2H3,(H,31,34)(H,32,35)(H,36,37,38,39)/t21-,22?,23?/m1/s1. The Morgan fingerprint density at radius 2 is 1.98 bits per heavy atom. The fourth-order valence-electron chi connectivity index (χ4n) is 5.55. The van der Waals surface area contributed by atoms with Gasteiger partial charge in [0.25, 0.3) is 0 Å². The Kier molecular flexibility index (Phi) is 9.71. The van der Waals surface area contributed by atoms with E-state index < -0.39 is 5.41 Å². The van der Waals surface area contributed by atoms with Gasteiger partial charge in [0.2, 0.25) is 0 Å². The minimum Gasteiger partial charge on any atom is -0.381 e. The normalized spacial score (nSPS) is 21.1. The Hall–Kier alpha value is -3.66. The predicted octanol–water partition coefficient (Wildman–Crippen LogP) is 3.62. The highest BCUT2D eigenvalue weighted by molar-refractivity contribution is 5.68. The number of nitrogens with one attached hydrogen (secondary N) is 4.